The van der Waals surface area contributed by atoms with E-state index >= 15 is 0 Å². The molecule has 0 aromatic heterocycles. The van der Waals surface area contributed by atoms with Crippen molar-refractivity contribution in [2.24, 2.45) is 5.10 Å². The highest BCUT2D eigenvalue weighted by Gasteiger charge is 2.15. The van der Waals surface area contributed by atoms with E-state index in [-0.39, 0.29) is 17.1 Å². The first-order valence-corrected chi connectivity index (χ1v) is 11.3. The van der Waals surface area contributed by atoms with E-state index in [1.54, 1.807) is 54.6 Å². The highest BCUT2D eigenvalue weighted by atomic mass is 16.6. The Morgan fingerprint density at radius 2 is 1.57 bits per heavy atom. The van der Waals surface area contributed by atoms with Crippen molar-refractivity contribution in [3.63, 3.8) is 0 Å². The Labute approximate surface area is 205 Å². The SMILES string of the molecule is CCOc1ccc(C(=O)Oc2ccc(/C=N/NC(=O)c3ccc(C(C)(C)C)cc3)cc2OC)cc1. The number of esters is 1. The molecule has 0 fully saturated rings. The van der Waals surface area contributed by atoms with Crippen LogP contribution < -0.4 is 19.6 Å². The Kier molecular flexibility index (Phi) is 8.25. The number of hydrogen-bond donors (Lipinski definition) is 1. The number of rotatable bonds is 8. The smallest absolute Gasteiger partial charge is 0.343 e. The lowest BCUT2D eigenvalue weighted by Gasteiger charge is -2.18. The van der Waals surface area contributed by atoms with Gasteiger partial charge in [0.15, 0.2) is 11.5 Å². The molecule has 182 valence electrons. The third-order valence-electron chi connectivity index (χ3n) is 5.18. The van der Waals surface area contributed by atoms with Crippen LogP contribution in [-0.2, 0) is 5.41 Å². The Bertz CT molecular complexity index is 1190. The Morgan fingerprint density at radius 1 is 0.914 bits per heavy atom. The summed E-state index contributed by atoms with van der Waals surface area (Å²) in [6.07, 6.45) is 1.49. The summed E-state index contributed by atoms with van der Waals surface area (Å²) in [6, 6.07) is 19.1. The molecule has 0 aliphatic rings. The van der Waals surface area contributed by atoms with Crippen LogP contribution in [0.1, 0.15) is 59.5 Å². The van der Waals surface area contributed by atoms with E-state index in [0.29, 0.717) is 34.8 Å². The minimum Gasteiger partial charge on any atom is -0.494 e. The Hall–Kier alpha value is -4.13. The minimum atomic E-state index is -0.516. The molecular formula is C28H30N2O5. The second-order valence-corrected chi connectivity index (χ2v) is 8.78. The van der Waals surface area contributed by atoms with Crippen molar-refractivity contribution >= 4 is 18.1 Å². The first kappa shape index (κ1) is 25.5. The van der Waals surface area contributed by atoms with Gasteiger partial charge in [0.2, 0.25) is 0 Å². The lowest BCUT2D eigenvalue weighted by Crippen LogP contribution is -2.18. The molecule has 1 N–H and O–H groups in total. The molecule has 3 aromatic carbocycles. The van der Waals surface area contributed by atoms with Gasteiger partial charge < -0.3 is 14.2 Å². The minimum absolute atomic E-state index is 0.0148. The van der Waals surface area contributed by atoms with Gasteiger partial charge in [-0.15, -0.1) is 0 Å². The normalized spacial score (nSPS) is 11.2. The van der Waals surface area contributed by atoms with Crippen molar-refractivity contribution in [1.29, 1.82) is 0 Å². The molecule has 0 unspecified atom stereocenters. The number of hydrazone groups is 1. The van der Waals surface area contributed by atoms with E-state index in [1.165, 1.54) is 13.3 Å². The summed E-state index contributed by atoms with van der Waals surface area (Å²) in [4.78, 5) is 24.9. The number of ether oxygens (including phenoxy) is 3. The number of methoxy groups -OCH3 is 1. The number of hydrogen-bond acceptors (Lipinski definition) is 6. The van der Waals surface area contributed by atoms with Crippen molar-refractivity contribution in [2.75, 3.05) is 13.7 Å². The first-order chi connectivity index (χ1) is 16.7. The van der Waals surface area contributed by atoms with Gasteiger partial charge in [0.05, 0.1) is 25.5 Å². The molecule has 7 nitrogen and oxygen atoms in total. The zero-order chi connectivity index (χ0) is 25.4. The fraction of sp³-hybridized carbons (Fsp3) is 0.250. The van der Waals surface area contributed by atoms with E-state index in [2.05, 4.69) is 31.3 Å². The van der Waals surface area contributed by atoms with Crippen molar-refractivity contribution in [3.05, 3.63) is 89.0 Å². The van der Waals surface area contributed by atoms with Gasteiger partial charge in [0.1, 0.15) is 5.75 Å². The lowest BCUT2D eigenvalue weighted by atomic mass is 9.87. The molecule has 0 saturated carbocycles. The zero-order valence-electron chi connectivity index (χ0n) is 20.6. The van der Waals surface area contributed by atoms with E-state index in [0.717, 1.165) is 5.56 Å². The molecule has 1 amide bonds. The summed E-state index contributed by atoms with van der Waals surface area (Å²) in [6.45, 7) is 8.79. The van der Waals surface area contributed by atoms with Crippen molar-refractivity contribution in [2.45, 2.75) is 33.1 Å². The first-order valence-electron chi connectivity index (χ1n) is 11.3. The van der Waals surface area contributed by atoms with Crippen LogP contribution in [-0.4, -0.2) is 31.8 Å². The number of carbonyl (C=O) groups excluding carboxylic acids is 2. The third-order valence-corrected chi connectivity index (χ3v) is 5.18. The standard InChI is InChI=1S/C28H30N2O5/c1-6-34-23-14-10-21(11-15-23)27(32)35-24-16-7-19(17-25(24)33-5)18-29-30-26(31)20-8-12-22(13-9-20)28(2,3)4/h7-18H,6H2,1-5H3,(H,30,31)/b29-18+. The quantitative estimate of drug-likeness (QED) is 0.205. The van der Waals surface area contributed by atoms with Crippen molar-refractivity contribution in [1.82, 2.24) is 5.43 Å². The van der Waals surface area contributed by atoms with Crippen LogP contribution in [0.2, 0.25) is 0 Å². The van der Waals surface area contributed by atoms with Gasteiger partial charge in [-0.25, -0.2) is 10.2 Å². The summed E-state index contributed by atoms with van der Waals surface area (Å²) in [5.41, 5.74) is 5.24. The van der Waals surface area contributed by atoms with Crippen molar-refractivity contribution < 1.29 is 23.8 Å². The second kappa shape index (κ2) is 11.3. The molecule has 0 radical (unpaired) electrons. The maximum atomic E-state index is 12.5. The average Bonchev–Trinajstić information content (AvgIpc) is 2.85. The van der Waals surface area contributed by atoms with Crippen LogP contribution in [0, 0.1) is 0 Å². The van der Waals surface area contributed by atoms with Crippen LogP contribution in [0.3, 0.4) is 0 Å². The van der Waals surface area contributed by atoms with Gasteiger partial charge in [-0.3, -0.25) is 4.79 Å². The average molecular weight is 475 g/mol. The molecule has 3 rings (SSSR count). The monoisotopic (exact) mass is 474 g/mol. The maximum Gasteiger partial charge on any atom is 0.343 e. The third kappa shape index (κ3) is 6.93. The van der Waals surface area contributed by atoms with Crippen LogP contribution in [0.5, 0.6) is 17.2 Å². The second-order valence-electron chi connectivity index (χ2n) is 8.78. The lowest BCUT2D eigenvalue weighted by molar-refractivity contribution is 0.0729. The molecule has 0 atom stereocenters. The fourth-order valence-corrected chi connectivity index (χ4v) is 3.21. The van der Waals surface area contributed by atoms with Crippen LogP contribution in [0.25, 0.3) is 0 Å². The summed E-state index contributed by atoms with van der Waals surface area (Å²) in [7, 11) is 1.48. The highest BCUT2D eigenvalue weighted by molar-refractivity contribution is 5.95. The van der Waals surface area contributed by atoms with Crippen LogP contribution in [0.4, 0.5) is 0 Å². The summed E-state index contributed by atoms with van der Waals surface area (Å²) >= 11 is 0. The zero-order valence-corrected chi connectivity index (χ0v) is 20.6. The van der Waals surface area contributed by atoms with E-state index in [1.807, 2.05) is 19.1 Å². The number of nitrogens with one attached hydrogen (secondary N) is 1. The van der Waals surface area contributed by atoms with Gasteiger partial charge in [0.25, 0.3) is 5.91 Å². The van der Waals surface area contributed by atoms with E-state index in [9.17, 15) is 9.59 Å². The van der Waals surface area contributed by atoms with E-state index in [4.69, 9.17) is 14.2 Å². The van der Waals surface area contributed by atoms with E-state index < -0.39 is 5.97 Å². The Balaban J connectivity index is 1.63. The molecule has 0 saturated heterocycles. The number of benzene rings is 3. The molecule has 35 heavy (non-hydrogen) atoms. The number of carbonyl (C=O) groups is 2. The van der Waals surface area contributed by atoms with Gasteiger partial charge >= 0.3 is 5.97 Å². The largest absolute Gasteiger partial charge is 0.494 e. The highest BCUT2D eigenvalue weighted by Crippen LogP contribution is 2.28. The van der Waals surface area contributed by atoms with Gasteiger partial charge in [0, 0.05) is 5.56 Å². The molecular weight excluding hydrogens is 444 g/mol. The van der Waals surface area contributed by atoms with Crippen LogP contribution in [0.15, 0.2) is 71.8 Å². The molecule has 0 aliphatic heterocycles. The van der Waals surface area contributed by atoms with Gasteiger partial charge in [-0.05, 0) is 78.1 Å². The number of amides is 1. The Morgan fingerprint density at radius 3 is 2.17 bits per heavy atom. The number of nitrogens with zero attached hydrogens (tertiary/aromatic N) is 1. The summed E-state index contributed by atoms with van der Waals surface area (Å²) < 4.78 is 16.2. The van der Waals surface area contributed by atoms with Gasteiger partial charge in [-0.1, -0.05) is 32.9 Å². The van der Waals surface area contributed by atoms with Crippen LogP contribution >= 0.6 is 0 Å². The predicted octanol–water partition coefficient (Wildman–Crippen LogP) is 5.37. The fourth-order valence-electron chi connectivity index (χ4n) is 3.21. The summed E-state index contributed by atoms with van der Waals surface area (Å²) in [5, 5.41) is 4.03. The molecule has 0 bridgehead atoms. The molecule has 7 heteroatoms. The maximum absolute atomic E-state index is 12.5. The van der Waals surface area contributed by atoms with Gasteiger partial charge in [-0.2, -0.15) is 5.10 Å². The topological polar surface area (TPSA) is 86.2 Å². The molecule has 0 aliphatic carbocycles. The molecule has 0 spiro atoms. The molecule has 3 aromatic rings. The van der Waals surface area contributed by atoms with Crippen molar-refractivity contribution in [3.8, 4) is 17.2 Å². The summed E-state index contributed by atoms with van der Waals surface area (Å²) in [5.74, 6) is 0.482. The predicted molar refractivity (Wildman–Crippen MR) is 136 cm³/mol. The molecule has 0 heterocycles.